The number of nitrogens with zero attached hydrogens (tertiary/aromatic N) is 4. The Bertz CT molecular complexity index is 987. The van der Waals surface area contributed by atoms with E-state index in [-0.39, 0.29) is 17.1 Å². The van der Waals surface area contributed by atoms with Crippen LogP contribution in [0.4, 0.5) is 0 Å². The summed E-state index contributed by atoms with van der Waals surface area (Å²) in [7, 11) is -3.49. The Labute approximate surface area is 132 Å². The number of imidazole rings is 1. The van der Waals surface area contributed by atoms with Crippen LogP contribution in [0.15, 0.2) is 34.1 Å². The van der Waals surface area contributed by atoms with Crippen molar-refractivity contribution in [3.05, 3.63) is 30.2 Å². The lowest BCUT2D eigenvalue weighted by molar-refractivity contribution is 0.411. The second-order valence-electron chi connectivity index (χ2n) is 5.79. The van der Waals surface area contributed by atoms with E-state index in [0.717, 1.165) is 19.1 Å². The molecule has 0 spiro atoms. The van der Waals surface area contributed by atoms with E-state index >= 15 is 0 Å². The molecule has 3 aromatic heterocycles. The van der Waals surface area contributed by atoms with Crippen LogP contribution < -0.4 is 5.73 Å². The minimum atomic E-state index is -3.49. The molecule has 1 fully saturated rings. The zero-order valence-corrected chi connectivity index (χ0v) is 13.2. The molecule has 0 bridgehead atoms. The van der Waals surface area contributed by atoms with Gasteiger partial charge in [-0.1, -0.05) is 11.2 Å². The molecule has 0 saturated heterocycles. The lowest BCUT2D eigenvalue weighted by atomic mass is 10.2. The second kappa shape index (κ2) is 4.87. The monoisotopic (exact) mass is 333 g/mol. The Hall–Kier alpha value is -2.26. The maximum Gasteiger partial charge on any atom is 0.278 e. The predicted molar refractivity (Wildman–Crippen MR) is 81.2 cm³/mol. The molecule has 120 valence electrons. The summed E-state index contributed by atoms with van der Waals surface area (Å²) in [5.74, 6) is 1.00. The van der Waals surface area contributed by atoms with Crippen molar-refractivity contribution in [3.8, 4) is 11.6 Å². The van der Waals surface area contributed by atoms with Gasteiger partial charge in [-0.2, -0.15) is 4.98 Å². The first-order valence-corrected chi connectivity index (χ1v) is 9.11. The molecule has 1 unspecified atom stereocenters. The Morgan fingerprint density at radius 3 is 2.83 bits per heavy atom. The van der Waals surface area contributed by atoms with Crippen LogP contribution in [0.25, 0.3) is 17.1 Å². The number of rotatable bonds is 4. The average Bonchev–Trinajstić information content (AvgIpc) is 3.10. The molecule has 0 radical (unpaired) electrons. The van der Waals surface area contributed by atoms with E-state index in [1.54, 1.807) is 24.4 Å². The van der Waals surface area contributed by atoms with Gasteiger partial charge in [-0.3, -0.25) is 4.40 Å². The summed E-state index contributed by atoms with van der Waals surface area (Å²) in [6, 6.07) is 5.02. The van der Waals surface area contributed by atoms with Crippen molar-refractivity contribution in [2.24, 2.45) is 11.7 Å². The van der Waals surface area contributed by atoms with Gasteiger partial charge in [0.15, 0.2) is 11.5 Å². The molecule has 3 heterocycles. The maximum absolute atomic E-state index is 11.9. The molecule has 0 aliphatic heterocycles. The highest BCUT2D eigenvalue weighted by Crippen LogP contribution is 2.39. The van der Waals surface area contributed by atoms with Gasteiger partial charge in [-0.25, -0.2) is 13.4 Å². The molecule has 3 aromatic rings. The van der Waals surface area contributed by atoms with E-state index in [9.17, 15) is 8.42 Å². The van der Waals surface area contributed by atoms with Crippen molar-refractivity contribution >= 4 is 15.4 Å². The van der Waals surface area contributed by atoms with Gasteiger partial charge in [-0.15, -0.1) is 0 Å². The zero-order chi connectivity index (χ0) is 16.2. The SMILES string of the molecule is CS(=O)(=O)c1nc(-c2nc(C(N)C3CC3)no2)c2ccccn12. The molecule has 9 heteroatoms. The van der Waals surface area contributed by atoms with Crippen molar-refractivity contribution in [1.29, 1.82) is 0 Å². The third kappa shape index (κ3) is 2.41. The number of hydrogen-bond acceptors (Lipinski definition) is 7. The van der Waals surface area contributed by atoms with E-state index in [1.165, 1.54) is 4.40 Å². The predicted octanol–water partition coefficient (Wildman–Crippen LogP) is 1.20. The number of pyridine rings is 1. The first-order valence-electron chi connectivity index (χ1n) is 7.22. The van der Waals surface area contributed by atoms with Gasteiger partial charge < -0.3 is 10.3 Å². The van der Waals surface area contributed by atoms with Gasteiger partial charge in [-0.05, 0) is 30.9 Å². The van der Waals surface area contributed by atoms with Gasteiger partial charge in [0.2, 0.25) is 15.0 Å². The summed E-state index contributed by atoms with van der Waals surface area (Å²) < 4.78 is 30.6. The van der Waals surface area contributed by atoms with Crippen molar-refractivity contribution in [2.45, 2.75) is 24.0 Å². The van der Waals surface area contributed by atoms with Crippen molar-refractivity contribution in [1.82, 2.24) is 19.5 Å². The fourth-order valence-electron chi connectivity index (χ4n) is 2.56. The summed E-state index contributed by atoms with van der Waals surface area (Å²) in [5.41, 5.74) is 7.00. The third-order valence-corrected chi connectivity index (χ3v) is 4.87. The normalized spacial score (nSPS) is 16.8. The van der Waals surface area contributed by atoms with Gasteiger partial charge in [0.25, 0.3) is 5.89 Å². The molecule has 1 saturated carbocycles. The van der Waals surface area contributed by atoms with Crippen molar-refractivity contribution in [3.63, 3.8) is 0 Å². The highest BCUT2D eigenvalue weighted by molar-refractivity contribution is 7.90. The maximum atomic E-state index is 11.9. The quantitative estimate of drug-likeness (QED) is 0.762. The van der Waals surface area contributed by atoms with E-state index in [0.29, 0.717) is 23.0 Å². The average molecular weight is 333 g/mol. The first-order chi connectivity index (χ1) is 10.9. The van der Waals surface area contributed by atoms with Crippen LogP contribution in [-0.4, -0.2) is 34.2 Å². The number of fused-ring (bicyclic) bond motifs is 1. The lowest BCUT2D eigenvalue weighted by Gasteiger charge is -2.01. The van der Waals surface area contributed by atoms with Gasteiger partial charge >= 0.3 is 0 Å². The minimum Gasteiger partial charge on any atom is -0.332 e. The van der Waals surface area contributed by atoms with Crippen molar-refractivity contribution < 1.29 is 12.9 Å². The molecular weight excluding hydrogens is 318 g/mol. The largest absolute Gasteiger partial charge is 0.332 e. The molecule has 8 nitrogen and oxygen atoms in total. The highest BCUT2D eigenvalue weighted by Gasteiger charge is 2.33. The first kappa shape index (κ1) is 14.3. The standard InChI is InChI=1S/C14H15N5O3S/c1-23(20,21)14-16-11(9-4-2-3-7-19(9)14)13-17-12(18-22-13)10(15)8-5-6-8/h2-4,7-8,10H,5-6,15H2,1H3. The number of hydrogen-bond donors (Lipinski definition) is 1. The van der Waals surface area contributed by atoms with Crippen LogP contribution in [-0.2, 0) is 9.84 Å². The van der Waals surface area contributed by atoms with Gasteiger partial charge in [0, 0.05) is 12.5 Å². The number of aromatic nitrogens is 4. The Morgan fingerprint density at radius 1 is 1.35 bits per heavy atom. The summed E-state index contributed by atoms with van der Waals surface area (Å²) in [6.07, 6.45) is 4.88. The van der Waals surface area contributed by atoms with Crippen LogP contribution in [0.1, 0.15) is 24.7 Å². The fraction of sp³-hybridized carbons (Fsp3) is 0.357. The van der Waals surface area contributed by atoms with Crippen LogP contribution >= 0.6 is 0 Å². The zero-order valence-electron chi connectivity index (χ0n) is 12.4. The second-order valence-corrected chi connectivity index (χ2v) is 7.70. The van der Waals surface area contributed by atoms with E-state index < -0.39 is 9.84 Å². The summed E-state index contributed by atoms with van der Waals surface area (Å²) in [4.78, 5) is 8.52. The van der Waals surface area contributed by atoms with Gasteiger partial charge in [0.1, 0.15) is 0 Å². The molecule has 2 N–H and O–H groups in total. The molecule has 1 aliphatic rings. The summed E-state index contributed by atoms with van der Waals surface area (Å²) in [5, 5.41) is 3.86. The number of nitrogens with two attached hydrogens (primary N) is 1. The highest BCUT2D eigenvalue weighted by atomic mass is 32.2. The smallest absolute Gasteiger partial charge is 0.278 e. The lowest BCUT2D eigenvalue weighted by Crippen LogP contribution is -2.13. The topological polar surface area (TPSA) is 116 Å². The van der Waals surface area contributed by atoms with Crippen LogP contribution in [0.3, 0.4) is 0 Å². The van der Waals surface area contributed by atoms with Crippen molar-refractivity contribution in [2.75, 3.05) is 6.26 Å². The molecule has 1 aliphatic carbocycles. The molecule has 0 aromatic carbocycles. The van der Waals surface area contributed by atoms with E-state index in [1.807, 2.05) is 0 Å². The third-order valence-electron chi connectivity index (χ3n) is 3.92. The molecule has 0 amide bonds. The minimum absolute atomic E-state index is 0.0608. The molecular formula is C14H15N5O3S. The van der Waals surface area contributed by atoms with E-state index in [4.69, 9.17) is 10.3 Å². The molecule has 4 rings (SSSR count). The van der Waals surface area contributed by atoms with Gasteiger partial charge in [0.05, 0.1) is 11.6 Å². The Morgan fingerprint density at radius 2 is 2.13 bits per heavy atom. The number of sulfone groups is 1. The van der Waals surface area contributed by atoms with Crippen LogP contribution in [0.5, 0.6) is 0 Å². The Balaban J connectivity index is 1.86. The summed E-state index contributed by atoms with van der Waals surface area (Å²) >= 11 is 0. The van der Waals surface area contributed by atoms with E-state index in [2.05, 4.69) is 15.1 Å². The Kier molecular flexibility index (Phi) is 3.03. The van der Waals surface area contributed by atoms with Crippen LogP contribution in [0, 0.1) is 5.92 Å². The molecule has 1 atom stereocenters. The molecule has 23 heavy (non-hydrogen) atoms. The summed E-state index contributed by atoms with van der Waals surface area (Å²) in [6.45, 7) is 0. The van der Waals surface area contributed by atoms with Crippen LogP contribution in [0.2, 0.25) is 0 Å². The fourth-order valence-corrected chi connectivity index (χ4v) is 3.33.